The molecule has 3 heterocycles. The Morgan fingerprint density at radius 3 is 2.32 bits per heavy atom. The summed E-state index contributed by atoms with van der Waals surface area (Å²) >= 11 is 6.51. The normalized spacial score (nSPS) is 23.5. The molecule has 2 saturated heterocycles. The van der Waals surface area contributed by atoms with Crippen molar-refractivity contribution < 1.29 is 14.4 Å². The third-order valence-electron chi connectivity index (χ3n) is 6.29. The van der Waals surface area contributed by atoms with Crippen molar-refractivity contribution in [3.8, 4) is 0 Å². The molecule has 28 heavy (non-hydrogen) atoms. The maximum atomic E-state index is 13.7. The lowest BCUT2D eigenvalue weighted by Crippen LogP contribution is -2.72. The third-order valence-corrected chi connectivity index (χ3v) is 6.64. The van der Waals surface area contributed by atoms with E-state index in [4.69, 9.17) is 11.6 Å². The maximum absolute atomic E-state index is 13.7. The number of urea groups is 1. The van der Waals surface area contributed by atoms with Crippen LogP contribution in [0.1, 0.15) is 45.1 Å². The molecule has 0 saturated carbocycles. The number of barbiturate groups is 1. The number of hydrogen-bond donors (Lipinski definition) is 0. The average Bonchev–Trinajstić information content (AvgIpc) is 3.18. The van der Waals surface area contributed by atoms with E-state index in [-0.39, 0.29) is 24.3 Å². The van der Waals surface area contributed by atoms with E-state index in [0.717, 1.165) is 30.6 Å². The Kier molecular flexibility index (Phi) is 4.86. The second kappa shape index (κ2) is 7.07. The number of carbonyl (C=O) groups is 3. The van der Waals surface area contributed by atoms with Gasteiger partial charge in [-0.3, -0.25) is 19.4 Å². The largest absolute Gasteiger partial charge is 0.367 e. The van der Waals surface area contributed by atoms with Crippen molar-refractivity contribution in [2.24, 2.45) is 5.41 Å². The monoisotopic (exact) mass is 403 g/mol. The summed E-state index contributed by atoms with van der Waals surface area (Å²) in [7, 11) is 0. The Hall–Kier alpha value is -2.08. The van der Waals surface area contributed by atoms with Gasteiger partial charge >= 0.3 is 6.03 Å². The van der Waals surface area contributed by atoms with Gasteiger partial charge in [-0.1, -0.05) is 31.5 Å². The van der Waals surface area contributed by atoms with Crippen LogP contribution in [0.5, 0.6) is 0 Å². The van der Waals surface area contributed by atoms with Gasteiger partial charge in [0.25, 0.3) is 0 Å². The van der Waals surface area contributed by atoms with Gasteiger partial charge in [-0.2, -0.15) is 0 Å². The molecule has 6 nitrogen and oxygen atoms in total. The molecule has 0 radical (unpaired) electrons. The van der Waals surface area contributed by atoms with Gasteiger partial charge in [0, 0.05) is 36.8 Å². The first-order valence-corrected chi connectivity index (χ1v) is 10.6. The number of halogens is 1. The van der Waals surface area contributed by atoms with Gasteiger partial charge in [0.05, 0.1) is 6.04 Å². The van der Waals surface area contributed by atoms with Crippen LogP contribution in [0.4, 0.5) is 10.5 Å². The molecule has 1 aromatic rings. The van der Waals surface area contributed by atoms with Gasteiger partial charge in [-0.05, 0) is 43.4 Å². The summed E-state index contributed by atoms with van der Waals surface area (Å²) in [6.07, 6.45) is 3.25. The first-order valence-electron chi connectivity index (χ1n) is 10.2. The highest BCUT2D eigenvalue weighted by atomic mass is 35.5. The van der Waals surface area contributed by atoms with E-state index < -0.39 is 11.4 Å². The van der Waals surface area contributed by atoms with Crippen LogP contribution < -0.4 is 4.90 Å². The molecule has 7 heteroatoms. The fourth-order valence-corrected chi connectivity index (χ4v) is 5.36. The number of imide groups is 2. The molecule has 3 aliphatic rings. The Morgan fingerprint density at radius 1 is 1.07 bits per heavy atom. The topological polar surface area (TPSA) is 60.9 Å². The quantitative estimate of drug-likeness (QED) is 0.722. The van der Waals surface area contributed by atoms with Gasteiger partial charge in [-0.25, -0.2) is 4.79 Å². The van der Waals surface area contributed by atoms with E-state index in [0.29, 0.717) is 31.0 Å². The molecule has 1 aromatic carbocycles. The van der Waals surface area contributed by atoms with E-state index >= 15 is 0 Å². The number of hydrogen-bond acceptors (Lipinski definition) is 4. The predicted octanol–water partition coefficient (Wildman–Crippen LogP) is 3.46. The van der Waals surface area contributed by atoms with Crippen molar-refractivity contribution >= 4 is 35.1 Å². The van der Waals surface area contributed by atoms with Crippen LogP contribution in [0.2, 0.25) is 5.02 Å². The van der Waals surface area contributed by atoms with E-state index in [9.17, 15) is 14.4 Å². The summed E-state index contributed by atoms with van der Waals surface area (Å²) < 4.78 is 0. The molecular formula is C21H26ClN3O3. The van der Waals surface area contributed by atoms with Crippen molar-refractivity contribution in [1.29, 1.82) is 0 Å². The molecule has 0 N–H and O–H groups in total. The molecule has 4 amide bonds. The number of fused-ring (bicyclic) bond motifs is 4. The molecule has 1 atom stereocenters. The first-order chi connectivity index (χ1) is 13.5. The molecular weight excluding hydrogens is 378 g/mol. The van der Waals surface area contributed by atoms with Crippen molar-refractivity contribution in [1.82, 2.24) is 9.80 Å². The minimum Gasteiger partial charge on any atom is -0.367 e. The van der Waals surface area contributed by atoms with Crippen LogP contribution in [-0.4, -0.2) is 53.3 Å². The van der Waals surface area contributed by atoms with Crippen molar-refractivity contribution in [2.45, 2.75) is 52.0 Å². The number of nitrogens with zero attached hydrogens (tertiary/aromatic N) is 3. The van der Waals surface area contributed by atoms with Crippen molar-refractivity contribution in [3.05, 3.63) is 28.8 Å². The van der Waals surface area contributed by atoms with E-state index in [1.807, 2.05) is 26.0 Å². The summed E-state index contributed by atoms with van der Waals surface area (Å²) in [5, 5.41) is 0.573. The minimum absolute atomic E-state index is 0.231. The summed E-state index contributed by atoms with van der Waals surface area (Å²) in [6.45, 7) is 5.31. The second-order valence-electron chi connectivity index (χ2n) is 7.93. The van der Waals surface area contributed by atoms with Gasteiger partial charge in [0.2, 0.25) is 11.8 Å². The van der Waals surface area contributed by atoms with Crippen LogP contribution >= 0.6 is 11.6 Å². The summed E-state index contributed by atoms with van der Waals surface area (Å²) in [4.78, 5) is 45.1. The lowest BCUT2D eigenvalue weighted by atomic mass is 9.68. The maximum Gasteiger partial charge on any atom is 0.333 e. The van der Waals surface area contributed by atoms with Crippen molar-refractivity contribution in [3.63, 3.8) is 0 Å². The summed E-state index contributed by atoms with van der Waals surface area (Å²) in [5.41, 5.74) is 0.584. The first kappa shape index (κ1) is 19.2. The lowest BCUT2D eigenvalue weighted by molar-refractivity contribution is -0.161. The third kappa shape index (κ3) is 2.50. The molecule has 0 unspecified atom stereocenters. The number of amides is 4. The SMILES string of the molecule is CCCN1C(=O)N(CCC)C(=O)C2(Cc3c(Cl)cccc3N3CCC[C@@H]32)C1=O. The van der Waals surface area contributed by atoms with E-state index in [1.165, 1.54) is 9.80 Å². The van der Waals surface area contributed by atoms with Crippen molar-refractivity contribution in [2.75, 3.05) is 24.5 Å². The Morgan fingerprint density at radius 2 is 1.71 bits per heavy atom. The van der Waals surface area contributed by atoms with Crippen LogP contribution in [0.25, 0.3) is 0 Å². The molecule has 150 valence electrons. The fraction of sp³-hybridized carbons (Fsp3) is 0.571. The Bertz CT molecular complexity index is 812. The van der Waals surface area contributed by atoms with Crippen LogP contribution in [0.15, 0.2) is 18.2 Å². The molecule has 3 aliphatic heterocycles. The Labute approximate surface area is 170 Å². The molecule has 2 fully saturated rings. The van der Waals surface area contributed by atoms with Gasteiger partial charge in [0.1, 0.15) is 0 Å². The summed E-state index contributed by atoms with van der Waals surface area (Å²) in [5.74, 6) is -0.696. The molecule has 4 rings (SSSR count). The zero-order valence-electron chi connectivity index (χ0n) is 16.4. The standard InChI is InChI=1S/C21H26ClN3O3/c1-3-10-24-18(26)21(19(27)25(11-4-2)20(24)28)13-14-15(22)7-5-8-16(14)23-12-6-9-17(21)23/h5,7-8,17H,3-4,6,9-13H2,1-2H3/t17-/m1/s1. The smallest absolute Gasteiger partial charge is 0.333 e. The highest BCUT2D eigenvalue weighted by Crippen LogP contribution is 2.51. The molecule has 1 spiro atoms. The van der Waals surface area contributed by atoms with Gasteiger partial charge < -0.3 is 4.90 Å². The lowest BCUT2D eigenvalue weighted by Gasteiger charge is -2.52. The number of carbonyl (C=O) groups excluding carboxylic acids is 3. The van der Waals surface area contributed by atoms with E-state index in [1.54, 1.807) is 6.07 Å². The number of rotatable bonds is 4. The average molecular weight is 404 g/mol. The fourth-order valence-electron chi connectivity index (χ4n) is 5.13. The predicted molar refractivity (Wildman–Crippen MR) is 107 cm³/mol. The van der Waals surface area contributed by atoms with Gasteiger partial charge in [0.15, 0.2) is 5.41 Å². The number of benzene rings is 1. The van der Waals surface area contributed by atoms with Crippen LogP contribution in [0.3, 0.4) is 0 Å². The molecule has 0 aromatic heterocycles. The number of anilines is 1. The molecule has 0 aliphatic carbocycles. The van der Waals surface area contributed by atoms with E-state index in [2.05, 4.69) is 4.90 Å². The summed E-state index contributed by atoms with van der Waals surface area (Å²) in [6, 6.07) is 5.03. The second-order valence-corrected chi connectivity index (χ2v) is 8.34. The van der Waals surface area contributed by atoms with Gasteiger partial charge in [-0.15, -0.1) is 0 Å². The zero-order valence-corrected chi connectivity index (χ0v) is 17.2. The molecule has 0 bridgehead atoms. The van der Waals surface area contributed by atoms with Crippen LogP contribution in [-0.2, 0) is 16.0 Å². The van der Waals surface area contributed by atoms with Crippen LogP contribution in [0, 0.1) is 5.41 Å². The minimum atomic E-state index is -1.27. The Balaban J connectivity index is 1.90. The highest BCUT2D eigenvalue weighted by Gasteiger charge is 2.64. The highest BCUT2D eigenvalue weighted by molar-refractivity contribution is 6.32. The zero-order chi connectivity index (χ0) is 20.1.